The number of rotatable bonds is 4. The summed E-state index contributed by atoms with van der Waals surface area (Å²) in [7, 11) is 0. The van der Waals surface area contributed by atoms with Gasteiger partial charge in [-0.1, -0.05) is 12.1 Å². The molecule has 2 aromatic rings. The summed E-state index contributed by atoms with van der Waals surface area (Å²) in [6.45, 7) is 10.4. The lowest BCUT2D eigenvalue weighted by Crippen LogP contribution is -2.43. The lowest BCUT2D eigenvalue weighted by atomic mass is 9.81. The van der Waals surface area contributed by atoms with E-state index in [9.17, 15) is 9.90 Å². The van der Waals surface area contributed by atoms with Crippen LogP contribution in [0.3, 0.4) is 0 Å². The fourth-order valence-corrected chi connectivity index (χ4v) is 5.34. The van der Waals surface area contributed by atoms with Gasteiger partial charge in [0.1, 0.15) is 5.76 Å². The fourth-order valence-electron chi connectivity index (χ4n) is 4.23. The molecule has 28 heavy (non-hydrogen) atoms. The van der Waals surface area contributed by atoms with E-state index in [0.717, 1.165) is 69.0 Å². The normalized spacial score (nSPS) is 19.6. The first kappa shape index (κ1) is 19.6. The van der Waals surface area contributed by atoms with Crippen molar-refractivity contribution in [2.75, 3.05) is 26.2 Å². The van der Waals surface area contributed by atoms with E-state index in [4.69, 9.17) is 4.52 Å². The second kappa shape index (κ2) is 7.61. The number of aromatic nitrogens is 1. The number of likely N-dealkylation sites (tertiary alicyclic amines) is 1. The van der Waals surface area contributed by atoms with E-state index in [2.05, 4.69) is 17.0 Å². The summed E-state index contributed by atoms with van der Waals surface area (Å²) in [5.74, 6) is 1.06. The van der Waals surface area contributed by atoms with Gasteiger partial charge < -0.3 is 14.5 Å². The van der Waals surface area contributed by atoms with Crippen LogP contribution in [0.25, 0.3) is 0 Å². The molecule has 6 nitrogen and oxygen atoms in total. The Morgan fingerprint density at radius 2 is 2.07 bits per heavy atom. The molecule has 0 bridgehead atoms. The van der Waals surface area contributed by atoms with E-state index in [1.54, 1.807) is 11.3 Å². The Balaban J connectivity index is 1.43. The predicted octanol–water partition coefficient (Wildman–Crippen LogP) is 3.15. The average Bonchev–Trinajstić information content (AvgIpc) is 3.26. The molecule has 0 spiro atoms. The number of hydrogen-bond donors (Lipinski definition) is 1. The maximum absolute atomic E-state index is 13.1. The fraction of sp³-hybridized carbons (Fsp3) is 0.619. The molecule has 1 amide bonds. The average molecular weight is 404 g/mol. The number of thiophene rings is 1. The first-order valence-corrected chi connectivity index (χ1v) is 10.9. The number of carbonyl (C=O) groups excluding carboxylic acids is 1. The zero-order valence-corrected chi connectivity index (χ0v) is 17.8. The van der Waals surface area contributed by atoms with Gasteiger partial charge in [0.15, 0.2) is 0 Å². The molecule has 0 aromatic carbocycles. The van der Waals surface area contributed by atoms with Crippen molar-refractivity contribution in [2.45, 2.75) is 53.1 Å². The van der Waals surface area contributed by atoms with Gasteiger partial charge in [-0.25, -0.2) is 0 Å². The van der Waals surface area contributed by atoms with Crippen LogP contribution < -0.4 is 0 Å². The summed E-state index contributed by atoms with van der Waals surface area (Å²) in [5.41, 5.74) is 4.23. The standard InChI is InChI=1S/C21H29N3O3S/c1-14-17(15(2)27-22-14)10-23-7-4-16-18(12-28-19(16)11-23)20(26)24-8-5-21(3,13-25)6-9-24/h12,25H,4-11,13H2,1-3H3. The van der Waals surface area contributed by atoms with Crippen LogP contribution in [0.2, 0.25) is 0 Å². The molecule has 0 unspecified atom stereocenters. The van der Waals surface area contributed by atoms with E-state index in [-0.39, 0.29) is 17.9 Å². The Kier molecular flexibility index (Phi) is 5.33. The van der Waals surface area contributed by atoms with Crippen LogP contribution in [0.5, 0.6) is 0 Å². The zero-order chi connectivity index (χ0) is 19.9. The molecule has 1 N–H and O–H groups in total. The van der Waals surface area contributed by atoms with E-state index >= 15 is 0 Å². The summed E-state index contributed by atoms with van der Waals surface area (Å²) in [6, 6.07) is 0. The van der Waals surface area contributed by atoms with Gasteiger partial charge in [-0.05, 0) is 44.1 Å². The molecular formula is C21H29N3O3S. The van der Waals surface area contributed by atoms with Crippen LogP contribution in [0.1, 0.15) is 57.6 Å². The maximum atomic E-state index is 13.1. The van der Waals surface area contributed by atoms with Crippen LogP contribution in [0, 0.1) is 19.3 Å². The Bertz CT molecular complexity index is 845. The smallest absolute Gasteiger partial charge is 0.254 e. The Labute approximate surface area is 170 Å². The number of carbonyl (C=O) groups is 1. The van der Waals surface area contributed by atoms with Gasteiger partial charge in [0.2, 0.25) is 0 Å². The van der Waals surface area contributed by atoms with Crippen molar-refractivity contribution in [1.82, 2.24) is 15.0 Å². The number of amides is 1. The molecule has 0 saturated carbocycles. The van der Waals surface area contributed by atoms with Gasteiger partial charge in [0.05, 0.1) is 11.3 Å². The molecular weight excluding hydrogens is 374 g/mol. The Hall–Kier alpha value is -1.70. The number of fused-ring (bicyclic) bond motifs is 1. The van der Waals surface area contributed by atoms with Gasteiger partial charge in [0, 0.05) is 55.2 Å². The molecule has 4 rings (SSSR count). The predicted molar refractivity (Wildman–Crippen MR) is 108 cm³/mol. The van der Waals surface area contributed by atoms with Gasteiger partial charge in [-0.2, -0.15) is 0 Å². The van der Waals surface area contributed by atoms with Crippen LogP contribution >= 0.6 is 11.3 Å². The summed E-state index contributed by atoms with van der Waals surface area (Å²) in [4.78, 5) is 18.8. The second-order valence-corrected chi connectivity index (χ2v) is 9.54. The maximum Gasteiger partial charge on any atom is 0.254 e. The van der Waals surface area contributed by atoms with Gasteiger partial charge in [-0.15, -0.1) is 11.3 Å². The quantitative estimate of drug-likeness (QED) is 0.849. The summed E-state index contributed by atoms with van der Waals surface area (Å²) < 4.78 is 5.29. The van der Waals surface area contributed by atoms with Gasteiger partial charge in [0.25, 0.3) is 5.91 Å². The van der Waals surface area contributed by atoms with Crippen molar-refractivity contribution in [2.24, 2.45) is 5.41 Å². The minimum absolute atomic E-state index is 0.0381. The molecule has 1 fully saturated rings. The lowest BCUT2D eigenvalue weighted by molar-refractivity contribution is 0.0439. The SMILES string of the molecule is Cc1noc(C)c1CN1CCc2c(C(=O)N3CCC(C)(CO)CC3)csc2C1. The van der Waals surface area contributed by atoms with Crippen molar-refractivity contribution in [3.63, 3.8) is 0 Å². The molecule has 0 atom stereocenters. The van der Waals surface area contributed by atoms with Crippen molar-refractivity contribution < 1.29 is 14.4 Å². The molecule has 0 radical (unpaired) electrons. The Morgan fingerprint density at radius 3 is 2.71 bits per heavy atom. The molecule has 152 valence electrons. The Morgan fingerprint density at radius 1 is 1.32 bits per heavy atom. The summed E-state index contributed by atoms with van der Waals surface area (Å²) in [6.07, 6.45) is 2.64. The largest absolute Gasteiger partial charge is 0.396 e. The zero-order valence-electron chi connectivity index (χ0n) is 17.0. The van der Waals surface area contributed by atoms with Crippen LogP contribution in [0.4, 0.5) is 0 Å². The number of piperidine rings is 1. The number of aliphatic hydroxyl groups is 1. The lowest BCUT2D eigenvalue weighted by Gasteiger charge is -2.38. The molecule has 1 saturated heterocycles. The van der Waals surface area contributed by atoms with Crippen molar-refractivity contribution in [1.29, 1.82) is 0 Å². The van der Waals surface area contributed by atoms with Crippen molar-refractivity contribution in [3.05, 3.63) is 38.4 Å². The highest BCUT2D eigenvalue weighted by Gasteiger charge is 2.33. The minimum atomic E-state index is -0.0381. The number of aliphatic hydroxyl groups excluding tert-OH is 1. The number of hydrogen-bond acceptors (Lipinski definition) is 6. The molecule has 2 aromatic heterocycles. The van der Waals surface area contributed by atoms with Crippen LogP contribution in [-0.2, 0) is 19.5 Å². The summed E-state index contributed by atoms with van der Waals surface area (Å²) >= 11 is 1.71. The molecule has 0 aliphatic carbocycles. The molecule has 2 aliphatic rings. The summed E-state index contributed by atoms with van der Waals surface area (Å²) in [5, 5.41) is 15.7. The molecule has 7 heteroatoms. The van der Waals surface area contributed by atoms with Gasteiger partial charge >= 0.3 is 0 Å². The monoisotopic (exact) mass is 403 g/mol. The van der Waals surface area contributed by atoms with Crippen molar-refractivity contribution in [3.8, 4) is 0 Å². The van der Waals surface area contributed by atoms with E-state index < -0.39 is 0 Å². The van der Waals surface area contributed by atoms with Gasteiger partial charge in [-0.3, -0.25) is 9.69 Å². The molecule has 2 aliphatic heterocycles. The third kappa shape index (κ3) is 3.63. The minimum Gasteiger partial charge on any atom is -0.396 e. The first-order chi connectivity index (χ1) is 13.4. The van der Waals surface area contributed by atoms with E-state index in [1.165, 1.54) is 16.0 Å². The van der Waals surface area contributed by atoms with E-state index in [0.29, 0.717) is 0 Å². The third-order valence-corrected chi connectivity index (χ3v) is 7.47. The molecule has 4 heterocycles. The van der Waals surface area contributed by atoms with Crippen LogP contribution in [0.15, 0.2) is 9.90 Å². The topological polar surface area (TPSA) is 69.8 Å². The van der Waals surface area contributed by atoms with Crippen molar-refractivity contribution >= 4 is 17.2 Å². The van der Waals surface area contributed by atoms with E-state index in [1.807, 2.05) is 24.1 Å². The second-order valence-electron chi connectivity index (χ2n) is 8.58. The number of aryl methyl sites for hydroxylation is 2. The number of nitrogens with zero attached hydrogens (tertiary/aromatic N) is 3. The highest BCUT2D eigenvalue weighted by atomic mass is 32.1. The highest BCUT2D eigenvalue weighted by molar-refractivity contribution is 7.10. The van der Waals surface area contributed by atoms with Crippen LogP contribution in [-0.4, -0.2) is 52.2 Å². The highest BCUT2D eigenvalue weighted by Crippen LogP contribution is 2.34. The first-order valence-electron chi connectivity index (χ1n) is 10.0. The third-order valence-electron chi connectivity index (χ3n) is 6.46.